The minimum absolute atomic E-state index is 0.899. The number of fused-ring (bicyclic) bond motifs is 9. The predicted molar refractivity (Wildman–Crippen MR) is 213 cm³/mol. The highest BCUT2D eigenvalue weighted by molar-refractivity contribution is 6.15. The number of furan rings is 1. The van der Waals surface area contributed by atoms with Crippen LogP contribution in [0.25, 0.3) is 99.2 Å². The van der Waals surface area contributed by atoms with Crippen molar-refractivity contribution in [3.63, 3.8) is 0 Å². The van der Waals surface area contributed by atoms with Crippen molar-refractivity contribution in [2.75, 3.05) is 0 Å². The zero-order chi connectivity index (χ0) is 33.5. The average molecular weight is 651 g/mol. The molecule has 0 saturated carbocycles. The third-order valence-corrected chi connectivity index (χ3v) is 10.5. The third kappa shape index (κ3) is 4.12. The van der Waals surface area contributed by atoms with Gasteiger partial charge in [0.05, 0.1) is 27.8 Å². The van der Waals surface area contributed by atoms with Crippen LogP contribution in [0.1, 0.15) is 0 Å². The first-order valence-electron chi connectivity index (χ1n) is 17.4. The number of hydrogen-bond acceptors (Lipinski definition) is 1. The SMILES string of the molecule is c1ccc(-c2cc3c4ccccc4n(-c4ccccc4)c3cc2-c2ccc3c(c2)c2ccccc2n3-c2cccc3c2oc2ccccc23)cc1. The van der Waals surface area contributed by atoms with E-state index < -0.39 is 0 Å². The van der Waals surface area contributed by atoms with Crippen molar-refractivity contribution >= 4 is 65.6 Å². The summed E-state index contributed by atoms with van der Waals surface area (Å²) in [5, 5.41) is 7.17. The Kier molecular flexibility index (Phi) is 5.96. The van der Waals surface area contributed by atoms with Gasteiger partial charge in [-0.15, -0.1) is 0 Å². The van der Waals surface area contributed by atoms with E-state index in [1.807, 2.05) is 6.07 Å². The van der Waals surface area contributed by atoms with Crippen LogP contribution in [0.4, 0.5) is 0 Å². The molecule has 3 nitrogen and oxygen atoms in total. The van der Waals surface area contributed by atoms with Gasteiger partial charge in [-0.3, -0.25) is 0 Å². The molecule has 3 aromatic heterocycles. The highest BCUT2D eigenvalue weighted by Gasteiger charge is 2.21. The summed E-state index contributed by atoms with van der Waals surface area (Å²) in [5.41, 5.74) is 13.5. The number of hydrogen-bond donors (Lipinski definition) is 0. The van der Waals surface area contributed by atoms with Gasteiger partial charge in [0.25, 0.3) is 0 Å². The number of benzene rings is 8. The van der Waals surface area contributed by atoms with Gasteiger partial charge >= 0.3 is 0 Å². The monoisotopic (exact) mass is 650 g/mol. The molecule has 0 spiro atoms. The van der Waals surface area contributed by atoms with E-state index in [2.05, 4.69) is 185 Å². The van der Waals surface area contributed by atoms with Crippen molar-refractivity contribution in [3.8, 4) is 33.6 Å². The van der Waals surface area contributed by atoms with Crippen molar-refractivity contribution in [1.29, 1.82) is 0 Å². The molecule has 0 N–H and O–H groups in total. The predicted octanol–water partition coefficient (Wildman–Crippen LogP) is 13.1. The number of para-hydroxylation sites is 5. The molecule has 0 atom stereocenters. The fourth-order valence-corrected chi connectivity index (χ4v) is 8.27. The van der Waals surface area contributed by atoms with E-state index in [1.54, 1.807) is 0 Å². The molecule has 0 aliphatic rings. The van der Waals surface area contributed by atoms with Crippen LogP contribution in [-0.4, -0.2) is 9.13 Å². The minimum Gasteiger partial charge on any atom is -0.454 e. The summed E-state index contributed by atoms with van der Waals surface area (Å²) in [6, 6.07) is 65.5. The van der Waals surface area contributed by atoms with Gasteiger partial charge < -0.3 is 13.6 Å². The third-order valence-electron chi connectivity index (χ3n) is 10.5. The second-order valence-corrected chi connectivity index (χ2v) is 13.3. The molecule has 0 bridgehead atoms. The Morgan fingerprint density at radius 1 is 0.333 bits per heavy atom. The molecule has 3 heterocycles. The van der Waals surface area contributed by atoms with Gasteiger partial charge in [0, 0.05) is 38.0 Å². The Morgan fingerprint density at radius 3 is 1.71 bits per heavy atom. The van der Waals surface area contributed by atoms with E-state index in [0.717, 1.165) is 44.3 Å². The largest absolute Gasteiger partial charge is 0.454 e. The number of rotatable bonds is 4. The van der Waals surface area contributed by atoms with Gasteiger partial charge in [-0.1, -0.05) is 121 Å². The zero-order valence-electron chi connectivity index (χ0n) is 27.6. The molecule has 0 radical (unpaired) electrons. The lowest BCUT2D eigenvalue weighted by Crippen LogP contribution is -1.95. The molecular formula is C48H30N2O. The Bertz CT molecular complexity index is 3130. The van der Waals surface area contributed by atoms with Crippen molar-refractivity contribution in [2.45, 2.75) is 0 Å². The Labute approximate surface area is 293 Å². The summed E-state index contributed by atoms with van der Waals surface area (Å²) in [6.45, 7) is 0. The van der Waals surface area contributed by atoms with Crippen LogP contribution in [0.5, 0.6) is 0 Å². The molecule has 3 heteroatoms. The van der Waals surface area contributed by atoms with Gasteiger partial charge in [-0.05, 0) is 82.9 Å². The van der Waals surface area contributed by atoms with Gasteiger partial charge in [0.2, 0.25) is 0 Å². The van der Waals surface area contributed by atoms with Crippen LogP contribution in [-0.2, 0) is 0 Å². The maximum Gasteiger partial charge on any atom is 0.159 e. The van der Waals surface area contributed by atoms with E-state index in [1.165, 1.54) is 54.8 Å². The molecule has 0 unspecified atom stereocenters. The molecule has 0 aliphatic carbocycles. The lowest BCUT2D eigenvalue weighted by Gasteiger charge is -2.14. The van der Waals surface area contributed by atoms with Gasteiger partial charge in [0.1, 0.15) is 5.58 Å². The van der Waals surface area contributed by atoms with Crippen molar-refractivity contribution < 1.29 is 4.42 Å². The van der Waals surface area contributed by atoms with Crippen LogP contribution < -0.4 is 0 Å². The highest BCUT2D eigenvalue weighted by atomic mass is 16.3. The smallest absolute Gasteiger partial charge is 0.159 e. The molecule has 238 valence electrons. The molecule has 0 fully saturated rings. The first-order valence-corrected chi connectivity index (χ1v) is 17.4. The average Bonchev–Trinajstić information content (AvgIpc) is 3.85. The summed E-state index contributed by atoms with van der Waals surface area (Å²) >= 11 is 0. The normalized spacial score (nSPS) is 11.9. The summed E-state index contributed by atoms with van der Waals surface area (Å²) in [7, 11) is 0. The maximum absolute atomic E-state index is 6.55. The summed E-state index contributed by atoms with van der Waals surface area (Å²) < 4.78 is 11.3. The van der Waals surface area contributed by atoms with Crippen LogP contribution in [0.15, 0.2) is 186 Å². The van der Waals surface area contributed by atoms with E-state index in [-0.39, 0.29) is 0 Å². The minimum atomic E-state index is 0.899. The summed E-state index contributed by atoms with van der Waals surface area (Å²) in [4.78, 5) is 0. The fraction of sp³-hybridized carbons (Fsp3) is 0. The lowest BCUT2D eigenvalue weighted by atomic mass is 9.92. The molecule has 8 aromatic carbocycles. The molecule has 0 saturated heterocycles. The fourth-order valence-electron chi connectivity index (χ4n) is 8.27. The van der Waals surface area contributed by atoms with Crippen molar-refractivity contribution in [2.24, 2.45) is 0 Å². The standard InChI is InChI=1S/C48H30N2O/c1-3-14-31(15-4-1)38-29-41-35-19-7-10-22-42(35)49(33-16-5-2-6-17-33)46(41)30-39(38)32-26-27-44-40(28-32)34-18-8-11-23-43(34)50(44)45-24-13-21-37-36-20-9-12-25-47(36)51-48(37)45/h1-30H. The summed E-state index contributed by atoms with van der Waals surface area (Å²) in [5.74, 6) is 0. The van der Waals surface area contributed by atoms with E-state index in [9.17, 15) is 0 Å². The van der Waals surface area contributed by atoms with Crippen molar-refractivity contribution in [1.82, 2.24) is 9.13 Å². The Morgan fingerprint density at radius 2 is 0.922 bits per heavy atom. The number of aromatic nitrogens is 2. The zero-order valence-corrected chi connectivity index (χ0v) is 27.6. The molecular weight excluding hydrogens is 621 g/mol. The highest BCUT2D eigenvalue weighted by Crippen LogP contribution is 2.43. The Hall–Kier alpha value is -6.84. The van der Waals surface area contributed by atoms with Crippen LogP contribution in [0, 0.1) is 0 Å². The van der Waals surface area contributed by atoms with E-state index >= 15 is 0 Å². The molecule has 11 rings (SSSR count). The van der Waals surface area contributed by atoms with Crippen molar-refractivity contribution in [3.05, 3.63) is 182 Å². The van der Waals surface area contributed by atoms with Gasteiger partial charge in [-0.25, -0.2) is 0 Å². The van der Waals surface area contributed by atoms with Crippen LogP contribution in [0.2, 0.25) is 0 Å². The molecule has 11 aromatic rings. The first kappa shape index (κ1) is 28.0. The molecule has 0 aliphatic heterocycles. The lowest BCUT2D eigenvalue weighted by molar-refractivity contribution is 0.666. The first-order chi connectivity index (χ1) is 25.3. The summed E-state index contributed by atoms with van der Waals surface area (Å²) in [6.07, 6.45) is 0. The van der Waals surface area contributed by atoms with Crippen LogP contribution in [0.3, 0.4) is 0 Å². The van der Waals surface area contributed by atoms with E-state index in [0.29, 0.717) is 0 Å². The Balaban J connectivity index is 1.21. The topological polar surface area (TPSA) is 23.0 Å². The second-order valence-electron chi connectivity index (χ2n) is 13.3. The van der Waals surface area contributed by atoms with E-state index in [4.69, 9.17) is 4.42 Å². The molecule has 0 amide bonds. The quantitative estimate of drug-likeness (QED) is 0.186. The number of nitrogens with zero attached hydrogens (tertiary/aromatic N) is 2. The van der Waals surface area contributed by atoms with Gasteiger partial charge in [-0.2, -0.15) is 0 Å². The maximum atomic E-state index is 6.55. The van der Waals surface area contributed by atoms with Gasteiger partial charge in [0.15, 0.2) is 5.58 Å². The second kappa shape index (κ2) is 10.8. The van der Waals surface area contributed by atoms with Crippen LogP contribution >= 0.6 is 0 Å². The molecule has 51 heavy (non-hydrogen) atoms.